The van der Waals surface area contributed by atoms with Crippen LogP contribution in [-0.4, -0.2) is 24.4 Å². The van der Waals surface area contributed by atoms with E-state index in [1.54, 1.807) is 0 Å². The lowest BCUT2D eigenvalue weighted by Crippen LogP contribution is -2.55. The normalized spacial score (nSPS) is 19.5. The molecule has 0 aliphatic heterocycles. The molecule has 0 aromatic rings. The van der Waals surface area contributed by atoms with E-state index in [1.807, 2.05) is 0 Å². The van der Waals surface area contributed by atoms with Gasteiger partial charge in [0.15, 0.2) is 0 Å². The summed E-state index contributed by atoms with van der Waals surface area (Å²) < 4.78 is 23.7. The van der Waals surface area contributed by atoms with Gasteiger partial charge in [-0.3, -0.25) is 4.79 Å². The molecule has 90 valence electrons. The topological polar surface area (TPSA) is 55.1 Å². The maximum atomic E-state index is 11.8. The van der Waals surface area contributed by atoms with Crippen molar-refractivity contribution in [1.29, 1.82) is 0 Å². The predicted molar refractivity (Wildman–Crippen MR) is 56.3 cm³/mol. The lowest BCUT2D eigenvalue weighted by Gasteiger charge is -2.31. The summed E-state index contributed by atoms with van der Waals surface area (Å²) in [6.07, 6.45) is 1.56. The molecule has 1 amide bonds. The van der Waals surface area contributed by atoms with Crippen molar-refractivity contribution in [2.75, 3.05) is 6.54 Å². The third kappa shape index (κ3) is 4.30. The minimum Gasteiger partial charge on any atom is -0.349 e. The number of hydrogen-bond acceptors (Lipinski definition) is 2. The fraction of sp³-hybridized carbons (Fsp3) is 0.889. The molecule has 0 bridgehead atoms. The number of nitrogens with one attached hydrogen (secondary N) is 1. The molecule has 3 N–H and O–H groups in total. The molecule has 0 heterocycles. The second kappa shape index (κ2) is 6.23. The summed E-state index contributed by atoms with van der Waals surface area (Å²) >= 11 is 0. The van der Waals surface area contributed by atoms with Crippen molar-refractivity contribution < 1.29 is 13.6 Å². The number of carbonyl (C=O) groups is 1. The number of rotatable bonds is 3. The predicted octanol–water partition coefficient (Wildman–Crippen LogP) is 1.45. The Bertz CT molecular complexity index is 208. The molecule has 1 fully saturated rings. The Morgan fingerprint density at radius 3 is 2.33 bits per heavy atom. The average Bonchev–Trinajstić information content (AvgIpc) is 2.15. The molecule has 15 heavy (non-hydrogen) atoms. The van der Waals surface area contributed by atoms with Crippen molar-refractivity contribution in [3.63, 3.8) is 0 Å². The molecule has 1 aliphatic rings. The number of alkyl halides is 2. The molecule has 0 saturated heterocycles. The second-order valence-electron chi connectivity index (χ2n) is 3.82. The van der Waals surface area contributed by atoms with Crippen LogP contribution in [0.4, 0.5) is 8.78 Å². The number of halogens is 3. The van der Waals surface area contributed by atoms with Gasteiger partial charge in [0.05, 0.1) is 12.1 Å². The Hall–Kier alpha value is -0.420. The zero-order valence-electron chi connectivity index (χ0n) is 8.47. The van der Waals surface area contributed by atoms with Crippen LogP contribution in [0.1, 0.15) is 32.1 Å². The fourth-order valence-corrected chi connectivity index (χ4v) is 1.76. The van der Waals surface area contributed by atoms with Gasteiger partial charge < -0.3 is 11.1 Å². The van der Waals surface area contributed by atoms with Gasteiger partial charge in [0.25, 0.3) is 6.43 Å². The van der Waals surface area contributed by atoms with Crippen molar-refractivity contribution in [3.05, 3.63) is 0 Å². The quantitative estimate of drug-likeness (QED) is 0.787. The first-order chi connectivity index (χ1) is 6.54. The molecule has 0 spiro atoms. The number of carbonyl (C=O) groups excluding carboxylic acids is 1. The molecule has 1 saturated carbocycles. The van der Waals surface area contributed by atoms with Gasteiger partial charge >= 0.3 is 0 Å². The van der Waals surface area contributed by atoms with Crippen molar-refractivity contribution >= 4 is 18.3 Å². The molecule has 0 unspecified atom stereocenters. The van der Waals surface area contributed by atoms with E-state index in [9.17, 15) is 13.6 Å². The summed E-state index contributed by atoms with van der Waals surface area (Å²) in [5, 5.41) is 2.18. The highest BCUT2D eigenvalue weighted by molar-refractivity contribution is 5.86. The Labute approximate surface area is 94.2 Å². The van der Waals surface area contributed by atoms with E-state index < -0.39 is 24.4 Å². The van der Waals surface area contributed by atoms with Gasteiger partial charge in [-0.2, -0.15) is 0 Å². The third-order valence-corrected chi connectivity index (χ3v) is 2.61. The molecular weight excluding hydrogens is 226 g/mol. The first-order valence-electron chi connectivity index (χ1n) is 4.90. The fourth-order valence-electron chi connectivity index (χ4n) is 1.76. The summed E-state index contributed by atoms with van der Waals surface area (Å²) in [6, 6.07) is 0. The smallest absolute Gasteiger partial charge is 0.255 e. The van der Waals surface area contributed by atoms with Gasteiger partial charge in [0, 0.05) is 0 Å². The van der Waals surface area contributed by atoms with Crippen molar-refractivity contribution in [1.82, 2.24) is 5.32 Å². The largest absolute Gasteiger partial charge is 0.349 e. The van der Waals surface area contributed by atoms with Crippen LogP contribution in [0.5, 0.6) is 0 Å². The van der Waals surface area contributed by atoms with Gasteiger partial charge in [0.2, 0.25) is 5.91 Å². The number of hydrogen-bond donors (Lipinski definition) is 2. The van der Waals surface area contributed by atoms with E-state index >= 15 is 0 Å². The SMILES string of the molecule is Cl.NC1(C(=O)NCC(F)F)CCCCC1. The highest BCUT2D eigenvalue weighted by Crippen LogP contribution is 2.25. The maximum Gasteiger partial charge on any atom is 0.255 e. The first-order valence-corrected chi connectivity index (χ1v) is 4.90. The Morgan fingerprint density at radius 2 is 1.87 bits per heavy atom. The van der Waals surface area contributed by atoms with E-state index in [0.717, 1.165) is 19.3 Å². The molecular formula is C9H17ClF2N2O. The summed E-state index contributed by atoms with van der Waals surface area (Å²) in [4.78, 5) is 11.5. The van der Waals surface area contributed by atoms with Crippen LogP contribution >= 0.6 is 12.4 Å². The molecule has 6 heteroatoms. The van der Waals surface area contributed by atoms with Crippen LogP contribution in [-0.2, 0) is 4.79 Å². The van der Waals surface area contributed by atoms with E-state index in [-0.39, 0.29) is 12.4 Å². The highest BCUT2D eigenvalue weighted by Gasteiger charge is 2.35. The van der Waals surface area contributed by atoms with Gasteiger partial charge in [-0.05, 0) is 12.8 Å². The Morgan fingerprint density at radius 1 is 1.33 bits per heavy atom. The third-order valence-electron chi connectivity index (χ3n) is 2.61. The van der Waals surface area contributed by atoms with Crippen LogP contribution in [0, 0.1) is 0 Å². The summed E-state index contributed by atoms with van der Waals surface area (Å²) in [5.41, 5.74) is 4.92. The van der Waals surface area contributed by atoms with Crippen molar-refractivity contribution in [3.8, 4) is 0 Å². The molecule has 0 aromatic carbocycles. The molecule has 1 aliphatic carbocycles. The lowest BCUT2D eigenvalue weighted by molar-refractivity contribution is -0.128. The lowest BCUT2D eigenvalue weighted by atomic mass is 9.82. The van der Waals surface area contributed by atoms with Crippen LogP contribution in [0.3, 0.4) is 0 Å². The van der Waals surface area contributed by atoms with E-state index in [1.165, 1.54) is 0 Å². The molecule has 1 rings (SSSR count). The van der Waals surface area contributed by atoms with Gasteiger partial charge in [-0.25, -0.2) is 8.78 Å². The second-order valence-corrected chi connectivity index (χ2v) is 3.82. The summed E-state index contributed by atoms with van der Waals surface area (Å²) in [5.74, 6) is -0.433. The van der Waals surface area contributed by atoms with Crippen molar-refractivity contribution in [2.24, 2.45) is 5.73 Å². The van der Waals surface area contributed by atoms with Crippen LogP contribution in [0.25, 0.3) is 0 Å². The standard InChI is InChI=1S/C9H16F2N2O.ClH/c10-7(11)6-13-8(14)9(12)4-2-1-3-5-9;/h7H,1-6,12H2,(H,13,14);1H. The zero-order chi connectivity index (χ0) is 10.6. The molecule has 0 aromatic heterocycles. The maximum absolute atomic E-state index is 11.8. The minimum atomic E-state index is -2.51. The molecule has 3 nitrogen and oxygen atoms in total. The van der Waals surface area contributed by atoms with E-state index in [2.05, 4.69) is 5.32 Å². The summed E-state index contributed by atoms with van der Waals surface area (Å²) in [6.45, 7) is -0.599. The number of amides is 1. The molecule has 0 atom stereocenters. The van der Waals surface area contributed by atoms with Gasteiger partial charge in [-0.1, -0.05) is 19.3 Å². The molecule has 0 radical (unpaired) electrons. The zero-order valence-corrected chi connectivity index (χ0v) is 9.29. The van der Waals surface area contributed by atoms with Crippen LogP contribution < -0.4 is 11.1 Å². The van der Waals surface area contributed by atoms with E-state index in [4.69, 9.17) is 5.73 Å². The Balaban J connectivity index is 0.00000196. The number of nitrogens with two attached hydrogens (primary N) is 1. The highest BCUT2D eigenvalue weighted by atomic mass is 35.5. The average molecular weight is 243 g/mol. The minimum absolute atomic E-state index is 0. The van der Waals surface area contributed by atoms with Gasteiger partial charge in [0.1, 0.15) is 0 Å². The Kier molecular flexibility index (Phi) is 6.05. The van der Waals surface area contributed by atoms with Crippen molar-refractivity contribution in [2.45, 2.75) is 44.1 Å². The monoisotopic (exact) mass is 242 g/mol. The van der Waals surface area contributed by atoms with E-state index in [0.29, 0.717) is 12.8 Å². The van der Waals surface area contributed by atoms with Crippen LogP contribution in [0.15, 0.2) is 0 Å². The first kappa shape index (κ1) is 14.6. The summed E-state index contributed by atoms with van der Waals surface area (Å²) in [7, 11) is 0. The van der Waals surface area contributed by atoms with Gasteiger partial charge in [-0.15, -0.1) is 12.4 Å². The van der Waals surface area contributed by atoms with Crippen LogP contribution in [0.2, 0.25) is 0 Å².